The van der Waals surface area contributed by atoms with Gasteiger partial charge in [0.15, 0.2) is 0 Å². The molecule has 5 nitrogen and oxygen atoms in total. The molecule has 5 heteroatoms. The number of likely N-dealkylation sites (tertiary alicyclic amines) is 1. The Morgan fingerprint density at radius 2 is 1.91 bits per heavy atom. The highest BCUT2D eigenvalue weighted by Gasteiger charge is 2.42. The Morgan fingerprint density at radius 3 is 2.65 bits per heavy atom. The predicted molar refractivity (Wildman–Crippen MR) is 88.0 cm³/mol. The highest BCUT2D eigenvalue weighted by Crippen LogP contribution is 2.30. The third-order valence-electron chi connectivity index (χ3n) is 4.53. The molecule has 2 aliphatic heterocycles. The Morgan fingerprint density at radius 1 is 1.13 bits per heavy atom. The molecule has 0 aliphatic carbocycles. The van der Waals surface area contributed by atoms with Gasteiger partial charge in [0.25, 0.3) is 0 Å². The van der Waals surface area contributed by atoms with Gasteiger partial charge in [0.05, 0.1) is 11.6 Å². The second kappa shape index (κ2) is 6.08. The first-order valence-corrected chi connectivity index (χ1v) is 8.14. The number of hydrogen-bond acceptors (Lipinski definition) is 5. The molecule has 0 unspecified atom stereocenters. The predicted octanol–water partition coefficient (Wildman–Crippen LogP) is 2.27. The van der Waals surface area contributed by atoms with Gasteiger partial charge in [0.2, 0.25) is 0 Å². The fourth-order valence-corrected chi connectivity index (χ4v) is 3.32. The van der Waals surface area contributed by atoms with Crippen molar-refractivity contribution in [1.82, 2.24) is 14.9 Å². The van der Waals surface area contributed by atoms with Crippen LogP contribution in [0.2, 0.25) is 0 Å². The van der Waals surface area contributed by atoms with Gasteiger partial charge in [-0.3, -0.25) is 4.90 Å². The fraction of sp³-hybridized carbons (Fsp3) is 0.389. The monoisotopic (exact) mass is 308 g/mol. The first-order valence-electron chi connectivity index (χ1n) is 8.14. The summed E-state index contributed by atoms with van der Waals surface area (Å²) in [5.41, 5.74) is 3.40. The molecule has 0 spiro atoms. The molecule has 1 saturated heterocycles. The molecule has 1 fully saturated rings. The molecule has 2 aromatic rings. The van der Waals surface area contributed by atoms with Crippen molar-refractivity contribution in [2.24, 2.45) is 11.1 Å². The topological polar surface area (TPSA) is 50.6 Å². The summed E-state index contributed by atoms with van der Waals surface area (Å²) in [6.07, 6.45) is 4.92. The molecular formula is C18H20N4O. The van der Waals surface area contributed by atoms with Gasteiger partial charge in [-0.15, -0.1) is 0 Å². The van der Waals surface area contributed by atoms with Crippen molar-refractivity contribution in [2.45, 2.75) is 26.0 Å². The van der Waals surface area contributed by atoms with Crippen LogP contribution in [0.3, 0.4) is 0 Å². The second-order valence-corrected chi connectivity index (χ2v) is 6.15. The number of hydrogen-bond donors (Lipinski definition) is 0. The minimum atomic E-state index is 0.168. The molecule has 0 bridgehead atoms. The molecule has 0 saturated carbocycles. The third-order valence-corrected chi connectivity index (χ3v) is 4.53. The average Bonchev–Trinajstić information content (AvgIpc) is 3.16. The molecular weight excluding hydrogens is 288 g/mol. The van der Waals surface area contributed by atoms with Crippen molar-refractivity contribution >= 4 is 5.71 Å². The van der Waals surface area contributed by atoms with Crippen molar-refractivity contribution in [1.29, 1.82) is 0 Å². The van der Waals surface area contributed by atoms with E-state index in [2.05, 4.69) is 39.1 Å². The van der Waals surface area contributed by atoms with Gasteiger partial charge in [0, 0.05) is 44.0 Å². The van der Waals surface area contributed by atoms with Crippen LogP contribution in [0.5, 0.6) is 0 Å². The molecule has 23 heavy (non-hydrogen) atoms. The van der Waals surface area contributed by atoms with Crippen LogP contribution in [0.15, 0.2) is 47.9 Å². The van der Waals surface area contributed by atoms with E-state index in [1.165, 1.54) is 0 Å². The number of aryl methyl sites for hydroxylation is 1. The highest BCUT2D eigenvalue weighted by molar-refractivity contribution is 6.03. The lowest BCUT2D eigenvalue weighted by Gasteiger charge is -2.16. The van der Waals surface area contributed by atoms with Crippen LogP contribution in [0, 0.1) is 5.92 Å². The smallest absolute Gasteiger partial charge is 0.149 e. The normalized spacial score (nSPS) is 23.4. The van der Waals surface area contributed by atoms with Crippen molar-refractivity contribution in [3.63, 3.8) is 0 Å². The molecule has 3 heterocycles. The summed E-state index contributed by atoms with van der Waals surface area (Å²) in [6.45, 7) is 4.80. The van der Waals surface area contributed by atoms with Crippen molar-refractivity contribution in [2.75, 3.05) is 13.1 Å². The largest absolute Gasteiger partial charge is 0.390 e. The van der Waals surface area contributed by atoms with E-state index >= 15 is 0 Å². The van der Waals surface area contributed by atoms with Gasteiger partial charge in [-0.25, -0.2) is 9.97 Å². The Hall–Kier alpha value is -2.27. The number of oxime groups is 1. The number of nitrogens with zero attached hydrogens (tertiary/aromatic N) is 4. The molecule has 2 atom stereocenters. The zero-order chi connectivity index (χ0) is 15.6. The molecule has 0 N–H and O–H groups in total. The lowest BCUT2D eigenvalue weighted by atomic mass is 9.95. The van der Waals surface area contributed by atoms with Crippen molar-refractivity contribution < 1.29 is 4.84 Å². The van der Waals surface area contributed by atoms with E-state index in [0.29, 0.717) is 5.92 Å². The van der Waals surface area contributed by atoms with E-state index in [9.17, 15) is 0 Å². The highest BCUT2D eigenvalue weighted by atomic mass is 16.6. The molecule has 0 amide bonds. The standard InChI is InChI=1S/C18H20N4O/c1-2-17-19-8-13(9-20-17)10-22-11-15-16(12-22)23-21-18(15)14-6-4-3-5-7-14/h3-9,15-16H,2,10-12H2,1H3/t15-,16-/m1/s1. The van der Waals surface area contributed by atoms with Crippen molar-refractivity contribution in [3.05, 3.63) is 59.7 Å². The summed E-state index contributed by atoms with van der Waals surface area (Å²) >= 11 is 0. The molecule has 4 rings (SSSR count). The van der Waals surface area contributed by atoms with Crippen LogP contribution >= 0.6 is 0 Å². The van der Waals surface area contributed by atoms with Gasteiger partial charge in [-0.2, -0.15) is 0 Å². The molecule has 0 radical (unpaired) electrons. The van der Waals surface area contributed by atoms with Crippen LogP contribution < -0.4 is 0 Å². The van der Waals surface area contributed by atoms with Crippen LogP contribution in [0.4, 0.5) is 0 Å². The number of rotatable bonds is 4. The lowest BCUT2D eigenvalue weighted by molar-refractivity contribution is 0.0745. The van der Waals surface area contributed by atoms with E-state index in [4.69, 9.17) is 4.84 Å². The summed E-state index contributed by atoms with van der Waals surface area (Å²) in [7, 11) is 0. The minimum absolute atomic E-state index is 0.168. The first kappa shape index (κ1) is 14.3. The zero-order valence-corrected chi connectivity index (χ0v) is 13.2. The minimum Gasteiger partial charge on any atom is -0.390 e. The van der Waals surface area contributed by atoms with Crippen LogP contribution in [0.1, 0.15) is 23.9 Å². The van der Waals surface area contributed by atoms with Crippen LogP contribution in [-0.4, -0.2) is 39.8 Å². The second-order valence-electron chi connectivity index (χ2n) is 6.15. The van der Waals surface area contributed by atoms with Gasteiger partial charge >= 0.3 is 0 Å². The first-order chi connectivity index (χ1) is 11.3. The number of aromatic nitrogens is 2. The van der Waals surface area contributed by atoms with Gasteiger partial charge in [0.1, 0.15) is 11.9 Å². The Bertz CT molecular complexity index is 699. The zero-order valence-electron chi connectivity index (χ0n) is 13.2. The average molecular weight is 308 g/mol. The summed E-state index contributed by atoms with van der Waals surface area (Å²) in [4.78, 5) is 16.8. The SMILES string of the molecule is CCc1ncc(CN2C[C@H]3ON=C(c4ccccc4)[C@@H]3C2)cn1. The third kappa shape index (κ3) is 2.84. The van der Waals surface area contributed by atoms with E-state index in [1.54, 1.807) is 0 Å². The van der Waals surface area contributed by atoms with Crippen LogP contribution in [0.25, 0.3) is 0 Å². The van der Waals surface area contributed by atoms with E-state index in [0.717, 1.165) is 48.7 Å². The van der Waals surface area contributed by atoms with E-state index in [-0.39, 0.29) is 6.10 Å². The fourth-order valence-electron chi connectivity index (χ4n) is 3.32. The lowest BCUT2D eigenvalue weighted by Crippen LogP contribution is -2.23. The van der Waals surface area contributed by atoms with Gasteiger partial charge < -0.3 is 4.84 Å². The summed E-state index contributed by atoms with van der Waals surface area (Å²) in [5, 5.41) is 4.32. The molecule has 2 aliphatic rings. The Labute approximate surface area is 136 Å². The number of benzene rings is 1. The Balaban J connectivity index is 1.44. The van der Waals surface area contributed by atoms with Gasteiger partial charge in [-0.05, 0) is 5.56 Å². The van der Waals surface area contributed by atoms with Crippen LogP contribution in [-0.2, 0) is 17.8 Å². The molecule has 118 valence electrons. The maximum absolute atomic E-state index is 5.66. The maximum Gasteiger partial charge on any atom is 0.149 e. The van der Waals surface area contributed by atoms with Crippen molar-refractivity contribution in [3.8, 4) is 0 Å². The summed E-state index contributed by atoms with van der Waals surface area (Å²) < 4.78 is 0. The number of fused-ring (bicyclic) bond motifs is 1. The van der Waals surface area contributed by atoms with Gasteiger partial charge in [-0.1, -0.05) is 42.4 Å². The quantitative estimate of drug-likeness (QED) is 0.869. The summed E-state index contributed by atoms with van der Waals surface area (Å²) in [6, 6.07) is 10.3. The van der Waals surface area contributed by atoms with E-state index < -0.39 is 0 Å². The molecule has 1 aromatic carbocycles. The summed E-state index contributed by atoms with van der Waals surface area (Å²) in [5.74, 6) is 1.25. The van der Waals surface area contributed by atoms with E-state index in [1.807, 2.05) is 30.6 Å². The Kier molecular flexibility index (Phi) is 3.79. The maximum atomic E-state index is 5.66. The molecule has 1 aromatic heterocycles.